The molecule has 2 aliphatic rings. The highest BCUT2D eigenvalue weighted by Crippen LogP contribution is 2.44. The Labute approximate surface area is 204 Å². The Morgan fingerprint density at radius 3 is 2.32 bits per heavy atom. The number of halogens is 1. The molecular formula is C26H20BrNO6. The van der Waals surface area contributed by atoms with Gasteiger partial charge in [-0.3, -0.25) is 14.5 Å². The summed E-state index contributed by atoms with van der Waals surface area (Å²) in [6, 6.07) is 18.2. The summed E-state index contributed by atoms with van der Waals surface area (Å²) in [5.74, 6) is -0.0542. The third kappa shape index (κ3) is 3.80. The molecule has 0 spiro atoms. The van der Waals surface area contributed by atoms with E-state index in [0.717, 1.165) is 4.47 Å². The fourth-order valence-corrected chi connectivity index (χ4v) is 4.41. The van der Waals surface area contributed by atoms with Gasteiger partial charge in [-0.1, -0.05) is 40.2 Å². The van der Waals surface area contributed by atoms with Crippen molar-refractivity contribution in [2.75, 3.05) is 25.2 Å². The number of ketones is 1. The van der Waals surface area contributed by atoms with Crippen molar-refractivity contribution in [3.63, 3.8) is 0 Å². The van der Waals surface area contributed by atoms with Crippen LogP contribution in [-0.4, -0.2) is 37.1 Å². The highest BCUT2D eigenvalue weighted by molar-refractivity contribution is 9.10. The molecule has 1 amide bonds. The number of ether oxygens (including phenoxy) is 3. The van der Waals surface area contributed by atoms with Gasteiger partial charge in [0.15, 0.2) is 11.5 Å². The quantitative estimate of drug-likeness (QED) is 0.300. The normalized spacial score (nSPS) is 18.8. The molecule has 34 heavy (non-hydrogen) atoms. The van der Waals surface area contributed by atoms with Crippen LogP contribution in [0.15, 0.2) is 76.8 Å². The van der Waals surface area contributed by atoms with E-state index >= 15 is 0 Å². The van der Waals surface area contributed by atoms with Crippen molar-refractivity contribution < 1.29 is 28.9 Å². The number of benzene rings is 3. The lowest BCUT2D eigenvalue weighted by molar-refractivity contribution is -0.132. The Bertz CT molecular complexity index is 1300. The number of Topliss-reactive ketones (excluding diaryl/α,β-unsaturated/α-hetero) is 1. The van der Waals surface area contributed by atoms with Crippen LogP contribution in [0.1, 0.15) is 17.2 Å². The number of anilines is 1. The van der Waals surface area contributed by atoms with E-state index in [4.69, 9.17) is 14.2 Å². The number of aliphatic hydroxyl groups is 1. The molecule has 8 heteroatoms. The zero-order chi connectivity index (χ0) is 23.8. The standard InChI is InChI=1S/C26H20BrNO6/c1-32-19-9-4-15(5-10-19)23-22(24(29)16-2-6-17(27)7-3-16)25(30)26(31)28(23)18-8-11-20-21(14-18)34-13-12-33-20/h2-11,14,23,29H,12-13H2,1H3/b24-22+. The first-order valence-corrected chi connectivity index (χ1v) is 11.4. The molecule has 3 aromatic carbocycles. The van der Waals surface area contributed by atoms with Crippen LogP contribution in [0.4, 0.5) is 5.69 Å². The fraction of sp³-hybridized carbons (Fsp3) is 0.154. The monoisotopic (exact) mass is 521 g/mol. The molecular weight excluding hydrogens is 502 g/mol. The van der Waals surface area contributed by atoms with E-state index in [1.54, 1.807) is 73.8 Å². The van der Waals surface area contributed by atoms with Crippen LogP contribution in [0.2, 0.25) is 0 Å². The Morgan fingerprint density at radius 2 is 1.65 bits per heavy atom. The Morgan fingerprint density at radius 1 is 0.971 bits per heavy atom. The van der Waals surface area contributed by atoms with Gasteiger partial charge in [-0.25, -0.2) is 0 Å². The Kier molecular flexibility index (Phi) is 5.75. The number of rotatable bonds is 4. The van der Waals surface area contributed by atoms with Gasteiger partial charge in [-0.2, -0.15) is 0 Å². The van der Waals surface area contributed by atoms with Crippen molar-refractivity contribution in [2.45, 2.75) is 6.04 Å². The zero-order valence-corrected chi connectivity index (χ0v) is 19.7. The molecule has 1 atom stereocenters. The second kappa shape index (κ2) is 8.87. The van der Waals surface area contributed by atoms with Crippen LogP contribution in [0.5, 0.6) is 17.2 Å². The van der Waals surface area contributed by atoms with Gasteiger partial charge in [-0.15, -0.1) is 0 Å². The predicted molar refractivity (Wildman–Crippen MR) is 129 cm³/mol. The van der Waals surface area contributed by atoms with Crippen LogP contribution < -0.4 is 19.1 Å². The van der Waals surface area contributed by atoms with Gasteiger partial charge >= 0.3 is 0 Å². The smallest absolute Gasteiger partial charge is 0.300 e. The summed E-state index contributed by atoms with van der Waals surface area (Å²) in [5.41, 5.74) is 1.55. The summed E-state index contributed by atoms with van der Waals surface area (Å²) in [7, 11) is 1.56. The molecule has 2 aliphatic heterocycles. The number of nitrogens with zero attached hydrogens (tertiary/aromatic N) is 1. The van der Waals surface area contributed by atoms with E-state index in [0.29, 0.717) is 47.3 Å². The lowest BCUT2D eigenvalue weighted by atomic mass is 9.95. The highest BCUT2D eigenvalue weighted by Gasteiger charge is 2.47. The maximum Gasteiger partial charge on any atom is 0.300 e. The minimum atomic E-state index is -0.850. The second-order valence-electron chi connectivity index (χ2n) is 7.78. The number of amides is 1. The minimum Gasteiger partial charge on any atom is -0.507 e. The molecule has 5 rings (SSSR count). The zero-order valence-electron chi connectivity index (χ0n) is 18.2. The van der Waals surface area contributed by atoms with E-state index in [9.17, 15) is 14.7 Å². The molecule has 0 radical (unpaired) electrons. The number of carbonyl (C=O) groups excluding carboxylic acids is 2. The van der Waals surface area contributed by atoms with Gasteiger partial charge in [0.05, 0.1) is 18.7 Å². The molecule has 7 nitrogen and oxygen atoms in total. The van der Waals surface area contributed by atoms with E-state index < -0.39 is 17.7 Å². The van der Waals surface area contributed by atoms with Crippen LogP contribution >= 0.6 is 15.9 Å². The van der Waals surface area contributed by atoms with Crippen molar-refractivity contribution in [3.8, 4) is 17.2 Å². The average Bonchev–Trinajstić information content (AvgIpc) is 3.14. The lowest BCUT2D eigenvalue weighted by Crippen LogP contribution is -2.29. The van der Waals surface area contributed by atoms with Gasteiger partial charge in [0.2, 0.25) is 0 Å². The molecule has 1 N–H and O–H groups in total. The predicted octanol–water partition coefficient (Wildman–Crippen LogP) is 4.86. The van der Waals surface area contributed by atoms with Crippen LogP contribution in [0.25, 0.3) is 5.76 Å². The molecule has 1 saturated heterocycles. The summed E-state index contributed by atoms with van der Waals surface area (Å²) in [6.45, 7) is 0.830. The summed E-state index contributed by atoms with van der Waals surface area (Å²) in [5, 5.41) is 11.2. The van der Waals surface area contributed by atoms with Gasteiger partial charge in [0, 0.05) is 21.8 Å². The third-order valence-corrected chi connectivity index (χ3v) is 6.33. The SMILES string of the molecule is COc1ccc(C2/C(=C(\O)c3ccc(Br)cc3)C(=O)C(=O)N2c2ccc3c(c2)OCCO3)cc1. The van der Waals surface area contributed by atoms with Crippen molar-refractivity contribution in [1.82, 2.24) is 0 Å². The molecule has 1 unspecified atom stereocenters. The second-order valence-corrected chi connectivity index (χ2v) is 8.69. The molecule has 2 heterocycles. The summed E-state index contributed by atoms with van der Waals surface area (Å²) >= 11 is 3.37. The average molecular weight is 522 g/mol. The van der Waals surface area contributed by atoms with Crippen molar-refractivity contribution in [3.05, 3.63) is 87.9 Å². The largest absolute Gasteiger partial charge is 0.507 e. The maximum atomic E-state index is 13.3. The van der Waals surface area contributed by atoms with Crippen molar-refractivity contribution >= 4 is 39.1 Å². The lowest BCUT2D eigenvalue weighted by Gasteiger charge is -2.27. The number of hydrogen-bond donors (Lipinski definition) is 1. The first-order valence-electron chi connectivity index (χ1n) is 10.6. The summed E-state index contributed by atoms with van der Waals surface area (Å²) < 4.78 is 17.4. The highest BCUT2D eigenvalue weighted by atomic mass is 79.9. The van der Waals surface area contributed by atoms with Gasteiger partial charge in [0.25, 0.3) is 11.7 Å². The van der Waals surface area contributed by atoms with Gasteiger partial charge in [0.1, 0.15) is 24.7 Å². The molecule has 172 valence electrons. The molecule has 0 aliphatic carbocycles. The molecule has 1 fully saturated rings. The number of methoxy groups -OCH3 is 1. The van der Waals surface area contributed by atoms with E-state index in [2.05, 4.69) is 15.9 Å². The number of aliphatic hydroxyl groups excluding tert-OH is 1. The Balaban J connectivity index is 1.68. The molecule has 0 aromatic heterocycles. The molecule has 0 saturated carbocycles. The minimum absolute atomic E-state index is 0.00683. The summed E-state index contributed by atoms with van der Waals surface area (Å²) in [4.78, 5) is 28.0. The number of carbonyl (C=O) groups is 2. The third-order valence-electron chi connectivity index (χ3n) is 5.80. The van der Waals surface area contributed by atoms with Crippen molar-refractivity contribution in [2.24, 2.45) is 0 Å². The molecule has 0 bridgehead atoms. The van der Waals surface area contributed by atoms with Crippen LogP contribution in [0.3, 0.4) is 0 Å². The summed E-state index contributed by atoms with van der Waals surface area (Å²) in [6.07, 6.45) is 0. The van der Waals surface area contributed by atoms with E-state index in [-0.39, 0.29) is 11.3 Å². The van der Waals surface area contributed by atoms with Crippen LogP contribution in [0, 0.1) is 0 Å². The van der Waals surface area contributed by atoms with Crippen LogP contribution in [-0.2, 0) is 9.59 Å². The first-order chi connectivity index (χ1) is 16.5. The number of fused-ring (bicyclic) bond motifs is 1. The maximum absolute atomic E-state index is 13.3. The topological polar surface area (TPSA) is 85.3 Å². The van der Waals surface area contributed by atoms with Gasteiger partial charge < -0.3 is 19.3 Å². The number of hydrogen-bond acceptors (Lipinski definition) is 6. The van der Waals surface area contributed by atoms with E-state index in [1.807, 2.05) is 0 Å². The Hall–Kier alpha value is -3.78. The molecule has 3 aromatic rings. The van der Waals surface area contributed by atoms with Gasteiger partial charge in [-0.05, 0) is 42.0 Å². The fourth-order valence-electron chi connectivity index (χ4n) is 4.15. The van der Waals surface area contributed by atoms with Crippen molar-refractivity contribution in [1.29, 1.82) is 0 Å². The van der Waals surface area contributed by atoms with E-state index in [1.165, 1.54) is 4.90 Å². The first kappa shape index (κ1) is 22.0.